The number of nitro groups is 1. The first kappa shape index (κ1) is 12.6. The molecule has 0 fully saturated rings. The van der Waals surface area contributed by atoms with Crippen LogP contribution in [-0.2, 0) is 4.74 Å². The van der Waals surface area contributed by atoms with Crippen LogP contribution in [0, 0.1) is 17.0 Å². The number of nitrogens with zero attached hydrogens (tertiary/aromatic N) is 5. The minimum Gasteiger partial charge on any atom is -0.463 e. The van der Waals surface area contributed by atoms with Crippen LogP contribution in [0.25, 0.3) is 5.82 Å². The summed E-state index contributed by atoms with van der Waals surface area (Å²) in [5, 5.41) is 14.8. The van der Waals surface area contributed by atoms with E-state index in [1.54, 1.807) is 6.92 Å². The fourth-order valence-electron chi connectivity index (χ4n) is 1.48. The number of hydrogen-bond donors (Lipinski definition) is 0. The van der Waals surface area contributed by atoms with Gasteiger partial charge in [-0.05, 0) is 13.0 Å². The minimum atomic E-state index is -0.728. The molecule has 0 saturated carbocycles. The van der Waals surface area contributed by atoms with E-state index in [-0.39, 0.29) is 17.3 Å². The summed E-state index contributed by atoms with van der Waals surface area (Å²) in [7, 11) is 1.19. The van der Waals surface area contributed by atoms with Crippen LogP contribution in [0.1, 0.15) is 16.2 Å². The maximum absolute atomic E-state index is 11.2. The molecule has 2 heterocycles. The van der Waals surface area contributed by atoms with Crippen molar-refractivity contribution >= 4 is 11.7 Å². The number of rotatable bonds is 3. The standard InChI is InChI=1S/C10H9N5O4/c1-6-3-4-11-9(7(6)15(17)18)14-5-12-8(13-14)10(16)19-2/h3-5H,1-2H3. The average Bonchev–Trinajstić information content (AvgIpc) is 2.86. The Labute approximate surface area is 107 Å². The molecule has 98 valence electrons. The van der Waals surface area contributed by atoms with Gasteiger partial charge in [0, 0.05) is 11.8 Å². The molecule has 9 nitrogen and oxygen atoms in total. The van der Waals surface area contributed by atoms with Gasteiger partial charge in [0.15, 0.2) is 0 Å². The molecule has 0 aliphatic heterocycles. The number of hydrogen-bond acceptors (Lipinski definition) is 7. The molecule has 2 rings (SSSR count). The fraction of sp³-hybridized carbons (Fsp3) is 0.200. The van der Waals surface area contributed by atoms with Gasteiger partial charge in [0.25, 0.3) is 5.82 Å². The zero-order chi connectivity index (χ0) is 14.0. The molecule has 0 saturated heterocycles. The van der Waals surface area contributed by atoms with Crippen LogP contribution in [-0.4, -0.2) is 37.8 Å². The van der Waals surface area contributed by atoms with Gasteiger partial charge in [0.1, 0.15) is 6.33 Å². The zero-order valence-corrected chi connectivity index (χ0v) is 10.1. The smallest absolute Gasteiger partial charge is 0.377 e. The number of carbonyl (C=O) groups excluding carboxylic acids is 1. The summed E-state index contributed by atoms with van der Waals surface area (Å²) < 4.78 is 5.52. The zero-order valence-electron chi connectivity index (χ0n) is 10.1. The van der Waals surface area contributed by atoms with Gasteiger partial charge in [0.05, 0.1) is 12.0 Å². The molecule has 0 unspecified atom stereocenters. The Hall–Kier alpha value is -2.84. The van der Waals surface area contributed by atoms with Crippen LogP contribution in [0.2, 0.25) is 0 Å². The van der Waals surface area contributed by atoms with Gasteiger partial charge in [-0.2, -0.15) is 4.68 Å². The highest BCUT2D eigenvalue weighted by Gasteiger charge is 2.22. The third-order valence-corrected chi connectivity index (χ3v) is 2.37. The maximum Gasteiger partial charge on any atom is 0.377 e. The SMILES string of the molecule is COC(=O)c1ncn(-c2nccc(C)c2[N+](=O)[O-])n1. The first-order chi connectivity index (χ1) is 9.04. The lowest BCUT2D eigenvalue weighted by Gasteiger charge is -2.02. The average molecular weight is 263 g/mol. The van der Waals surface area contributed by atoms with Crippen LogP contribution in [0.15, 0.2) is 18.6 Å². The maximum atomic E-state index is 11.2. The molecule has 0 bridgehead atoms. The van der Waals surface area contributed by atoms with Crippen LogP contribution in [0.3, 0.4) is 0 Å². The van der Waals surface area contributed by atoms with E-state index in [1.807, 2.05) is 0 Å². The first-order valence-electron chi connectivity index (χ1n) is 5.15. The van der Waals surface area contributed by atoms with Crippen molar-refractivity contribution in [1.82, 2.24) is 19.7 Å². The van der Waals surface area contributed by atoms with E-state index < -0.39 is 10.9 Å². The Balaban J connectivity index is 2.53. The van der Waals surface area contributed by atoms with E-state index in [4.69, 9.17) is 0 Å². The van der Waals surface area contributed by atoms with E-state index in [0.717, 1.165) is 4.68 Å². The molecule has 2 aromatic rings. The summed E-state index contributed by atoms with van der Waals surface area (Å²) in [6, 6.07) is 1.51. The second-order valence-electron chi connectivity index (χ2n) is 3.56. The summed E-state index contributed by atoms with van der Waals surface area (Å²) in [4.78, 5) is 29.3. The first-order valence-corrected chi connectivity index (χ1v) is 5.15. The number of ether oxygens (including phenoxy) is 1. The van der Waals surface area contributed by atoms with Gasteiger partial charge < -0.3 is 4.74 Å². The largest absolute Gasteiger partial charge is 0.463 e. The number of pyridine rings is 1. The molecule has 0 aliphatic carbocycles. The summed E-state index contributed by atoms with van der Waals surface area (Å²) >= 11 is 0. The van der Waals surface area contributed by atoms with Gasteiger partial charge in [-0.3, -0.25) is 10.1 Å². The molecular formula is C10H9N5O4. The molecule has 19 heavy (non-hydrogen) atoms. The van der Waals surface area contributed by atoms with Crippen molar-refractivity contribution < 1.29 is 14.5 Å². The lowest BCUT2D eigenvalue weighted by atomic mass is 10.2. The molecule has 9 heteroatoms. The summed E-state index contributed by atoms with van der Waals surface area (Å²) in [6.45, 7) is 1.58. The van der Waals surface area contributed by atoms with E-state index in [0.29, 0.717) is 5.56 Å². The van der Waals surface area contributed by atoms with E-state index in [9.17, 15) is 14.9 Å². The van der Waals surface area contributed by atoms with Crippen molar-refractivity contribution in [3.63, 3.8) is 0 Å². The number of methoxy groups -OCH3 is 1. The minimum absolute atomic E-state index is 0.00680. The van der Waals surface area contributed by atoms with Crippen LogP contribution in [0.5, 0.6) is 0 Å². The number of aromatic nitrogens is 4. The monoisotopic (exact) mass is 263 g/mol. The molecule has 0 amide bonds. The normalized spacial score (nSPS) is 10.2. The molecule has 0 N–H and O–H groups in total. The number of carbonyl (C=O) groups is 1. The third-order valence-electron chi connectivity index (χ3n) is 2.37. The molecule has 0 aliphatic rings. The second kappa shape index (κ2) is 4.80. The van der Waals surface area contributed by atoms with E-state index in [1.165, 1.54) is 25.7 Å². The Bertz CT molecular complexity index is 651. The van der Waals surface area contributed by atoms with Crippen molar-refractivity contribution in [3.8, 4) is 5.82 Å². The van der Waals surface area contributed by atoms with E-state index >= 15 is 0 Å². The Morgan fingerprint density at radius 2 is 2.21 bits per heavy atom. The van der Waals surface area contributed by atoms with Gasteiger partial charge >= 0.3 is 11.7 Å². The molecule has 0 aromatic carbocycles. The highest BCUT2D eigenvalue weighted by atomic mass is 16.6. The van der Waals surface area contributed by atoms with Crippen molar-refractivity contribution in [2.75, 3.05) is 7.11 Å². The van der Waals surface area contributed by atoms with Gasteiger partial charge in [-0.1, -0.05) is 0 Å². The summed E-state index contributed by atoms with van der Waals surface area (Å²) in [5.74, 6) is -0.929. The van der Waals surface area contributed by atoms with E-state index in [2.05, 4.69) is 19.8 Å². The topological polar surface area (TPSA) is 113 Å². The molecule has 0 radical (unpaired) electrons. The Morgan fingerprint density at radius 3 is 2.84 bits per heavy atom. The fourth-order valence-corrected chi connectivity index (χ4v) is 1.48. The predicted octanol–water partition coefficient (Wildman–Crippen LogP) is 0.666. The molecule has 0 atom stereocenters. The van der Waals surface area contributed by atoms with Crippen LogP contribution >= 0.6 is 0 Å². The number of esters is 1. The number of aryl methyl sites for hydroxylation is 1. The second-order valence-corrected chi connectivity index (χ2v) is 3.56. The predicted molar refractivity (Wildman–Crippen MR) is 61.9 cm³/mol. The lowest BCUT2D eigenvalue weighted by molar-refractivity contribution is -0.385. The van der Waals surface area contributed by atoms with Crippen LogP contribution in [0.4, 0.5) is 5.69 Å². The molecule has 0 spiro atoms. The quantitative estimate of drug-likeness (QED) is 0.454. The van der Waals surface area contributed by atoms with Crippen LogP contribution < -0.4 is 0 Å². The van der Waals surface area contributed by atoms with Crippen molar-refractivity contribution in [2.24, 2.45) is 0 Å². The molecule has 2 aromatic heterocycles. The Kier molecular flexibility index (Phi) is 3.19. The van der Waals surface area contributed by atoms with Gasteiger partial charge in [-0.25, -0.2) is 14.8 Å². The van der Waals surface area contributed by atoms with Gasteiger partial charge in [0.2, 0.25) is 5.82 Å². The Morgan fingerprint density at radius 1 is 1.47 bits per heavy atom. The van der Waals surface area contributed by atoms with Crippen molar-refractivity contribution in [2.45, 2.75) is 6.92 Å². The summed E-state index contributed by atoms with van der Waals surface area (Å²) in [5.41, 5.74) is 0.244. The summed E-state index contributed by atoms with van der Waals surface area (Å²) in [6.07, 6.45) is 2.58. The van der Waals surface area contributed by atoms with Crippen molar-refractivity contribution in [3.05, 3.63) is 40.1 Å². The third kappa shape index (κ3) is 2.25. The van der Waals surface area contributed by atoms with Crippen molar-refractivity contribution in [1.29, 1.82) is 0 Å². The highest BCUT2D eigenvalue weighted by molar-refractivity contribution is 5.84. The van der Waals surface area contributed by atoms with Gasteiger partial charge in [-0.15, -0.1) is 5.10 Å². The lowest BCUT2D eigenvalue weighted by Crippen LogP contribution is -2.08. The highest BCUT2D eigenvalue weighted by Crippen LogP contribution is 2.23. The molecular weight excluding hydrogens is 254 g/mol.